The van der Waals surface area contributed by atoms with Crippen LogP contribution in [-0.4, -0.2) is 54.6 Å². The second-order valence-corrected chi connectivity index (χ2v) is 15.2. The third-order valence-electron chi connectivity index (χ3n) is 11.1. The number of rotatable bonds is 12. The Morgan fingerprint density at radius 2 is 1.43 bits per heavy atom. The number of anilines is 3. The van der Waals surface area contributed by atoms with Crippen LogP contribution in [-0.2, 0) is 25.9 Å². The molecule has 292 valence electrons. The smallest absolute Gasteiger partial charge is 0.255 e. The SMILES string of the molecule is CNC(=O)c1ccc(CN2CCCc3cc(C(C=N)C=Nc4cccc(NC(=O)c5ccc(CN6CCCc7cc(-c8cc(C)[nH]n8)ccc76)cc5)c4)ccc32)cc1. The maximum absolute atomic E-state index is 13.3. The van der Waals surface area contributed by atoms with Crippen molar-refractivity contribution in [3.8, 4) is 11.3 Å². The predicted octanol–water partition coefficient (Wildman–Crippen LogP) is 9.04. The van der Waals surface area contributed by atoms with Crippen LogP contribution in [0.3, 0.4) is 0 Å². The molecule has 3 heterocycles. The van der Waals surface area contributed by atoms with Gasteiger partial charge in [-0.1, -0.05) is 48.5 Å². The van der Waals surface area contributed by atoms with Crippen molar-refractivity contribution in [3.05, 3.63) is 160 Å². The molecule has 1 atom stereocenters. The summed E-state index contributed by atoms with van der Waals surface area (Å²) in [5.74, 6) is -0.564. The monoisotopic (exact) mass is 768 g/mol. The molecule has 1 unspecified atom stereocenters. The number of fused-ring (bicyclic) bond motifs is 2. The summed E-state index contributed by atoms with van der Waals surface area (Å²) in [6, 6.07) is 38.2. The normalized spacial score (nSPS) is 14.1. The summed E-state index contributed by atoms with van der Waals surface area (Å²) >= 11 is 0. The number of hydrogen-bond acceptors (Lipinski definition) is 7. The Kier molecular flexibility index (Phi) is 11.2. The van der Waals surface area contributed by atoms with E-state index in [1.165, 1.54) is 28.7 Å². The Bertz CT molecular complexity index is 2470. The van der Waals surface area contributed by atoms with E-state index >= 15 is 0 Å². The molecular formula is C48H48N8O2. The quantitative estimate of drug-likeness (QED) is 0.0924. The average Bonchev–Trinajstić information content (AvgIpc) is 3.70. The zero-order chi connectivity index (χ0) is 40.0. The van der Waals surface area contributed by atoms with Crippen LogP contribution in [0.25, 0.3) is 11.3 Å². The van der Waals surface area contributed by atoms with Crippen molar-refractivity contribution in [2.45, 2.75) is 51.6 Å². The van der Waals surface area contributed by atoms with Gasteiger partial charge >= 0.3 is 0 Å². The second kappa shape index (κ2) is 17.1. The molecule has 2 aliphatic heterocycles. The Morgan fingerprint density at radius 3 is 2.05 bits per heavy atom. The number of hydrogen-bond donors (Lipinski definition) is 4. The number of carbonyl (C=O) groups is 2. The first-order valence-corrected chi connectivity index (χ1v) is 20.0. The predicted molar refractivity (Wildman–Crippen MR) is 234 cm³/mol. The minimum absolute atomic E-state index is 0.0871. The van der Waals surface area contributed by atoms with Crippen LogP contribution in [0, 0.1) is 12.3 Å². The maximum Gasteiger partial charge on any atom is 0.255 e. The molecular weight excluding hydrogens is 721 g/mol. The summed E-state index contributed by atoms with van der Waals surface area (Å²) in [6.07, 6.45) is 7.37. The van der Waals surface area contributed by atoms with Crippen molar-refractivity contribution in [3.63, 3.8) is 0 Å². The largest absolute Gasteiger partial charge is 0.367 e. The number of amides is 2. The molecule has 8 rings (SSSR count). The molecule has 0 saturated heterocycles. The standard InChI is InChI=1S/C48H48N8O2/c1-32-24-44(54-53-32)38-19-21-46-40(26-38)7-5-23-56(46)31-34-12-16-36(17-13-34)48(58)52-43-9-3-8-42(27-43)51-29-41(28-49)37-18-20-45-39(25-37)6-4-22-55(45)30-33-10-14-35(15-11-33)47(57)50-2/h3,8-21,24-29,41,49H,4-7,22-23,30-31H2,1-2H3,(H,50,57)(H,52,58)(H,53,54). The van der Waals surface area contributed by atoms with Crippen LogP contribution in [0.2, 0.25) is 0 Å². The fourth-order valence-electron chi connectivity index (χ4n) is 8.00. The maximum atomic E-state index is 13.3. The number of aryl methyl sites for hydroxylation is 3. The van der Waals surface area contributed by atoms with Crippen LogP contribution in [0.5, 0.6) is 0 Å². The van der Waals surface area contributed by atoms with Gasteiger partial charge in [-0.05, 0) is 127 Å². The van der Waals surface area contributed by atoms with Crippen LogP contribution in [0.15, 0.2) is 120 Å². The van der Waals surface area contributed by atoms with E-state index < -0.39 is 0 Å². The molecule has 4 N–H and O–H groups in total. The number of carbonyl (C=O) groups excluding carboxylic acids is 2. The van der Waals surface area contributed by atoms with Crippen LogP contribution in [0.4, 0.5) is 22.7 Å². The highest BCUT2D eigenvalue weighted by atomic mass is 16.2. The van der Waals surface area contributed by atoms with Gasteiger partial charge in [0.15, 0.2) is 0 Å². The summed E-state index contributed by atoms with van der Waals surface area (Å²) < 4.78 is 0. The van der Waals surface area contributed by atoms with Gasteiger partial charge in [0, 0.05) is 85.1 Å². The Balaban J connectivity index is 0.880. The number of nitrogens with one attached hydrogen (secondary N) is 4. The molecule has 0 aliphatic carbocycles. The lowest BCUT2D eigenvalue weighted by molar-refractivity contribution is 0.0962. The zero-order valence-electron chi connectivity index (χ0n) is 33.0. The second-order valence-electron chi connectivity index (χ2n) is 15.2. The molecule has 0 saturated carbocycles. The van der Waals surface area contributed by atoms with E-state index in [1.807, 2.05) is 79.7 Å². The van der Waals surface area contributed by atoms with Crippen molar-refractivity contribution >= 4 is 47.0 Å². The van der Waals surface area contributed by atoms with Gasteiger partial charge < -0.3 is 25.8 Å². The fraction of sp³-hybridized carbons (Fsp3) is 0.229. The first kappa shape index (κ1) is 38.1. The van der Waals surface area contributed by atoms with E-state index in [0.717, 1.165) is 85.5 Å². The van der Waals surface area contributed by atoms with E-state index in [4.69, 9.17) is 10.4 Å². The average molecular weight is 769 g/mol. The van der Waals surface area contributed by atoms with Crippen LogP contribution in [0.1, 0.15) is 73.0 Å². The van der Waals surface area contributed by atoms with Crippen molar-refractivity contribution in [2.75, 3.05) is 35.3 Å². The van der Waals surface area contributed by atoms with Crippen molar-refractivity contribution in [1.82, 2.24) is 15.5 Å². The van der Waals surface area contributed by atoms with Gasteiger partial charge in [0.1, 0.15) is 0 Å². The third-order valence-corrected chi connectivity index (χ3v) is 11.1. The van der Waals surface area contributed by atoms with Crippen LogP contribution >= 0.6 is 0 Å². The van der Waals surface area contributed by atoms with Crippen LogP contribution < -0.4 is 20.4 Å². The highest BCUT2D eigenvalue weighted by molar-refractivity contribution is 6.04. The van der Waals surface area contributed by atoms with Gasteiger partial charge in [0.05, 0.1) is 17.3 Å². The number of aromatic amines is 1. The van der Waals surface area contributed by atoms with Crippen molar-refractivity contribution in [2.24, 2.45) is 4.99 Å². The molecule has 5 aromatic carbocycles. The minimum atomic E-state index is -0.295. The third kappa shape index (κ3) is 8.61. The minimum Gasteiger partial charge on any atom is -0.367 e. The molecule has 0 bridgehead atoms. The summed E-state index contributed by atoms with van der Waals surface area (Å²) in [6.45, 7) is 5.50. The lowest BCUT2D eigenvalue weighted by Gasteiger charge is -2.32. The van der Waals surface area contributed by atoms with Gasteiger partial charge in [0.2, 0.25) is 0 Å². The molecule has 6 aromatic rings. The Labute approximate surface area is 339 Å². The number of aliphatic imine (C=N–C) groups is 1. The molecule has 10 nitrogen and oxygen atoms in total. The molecule has 1 aromatic heterocycles. The molecule has 2 aliphatic rings. The number of benzene rings is 5. The van der Waals surface area contributed by atoms with E-state index in [1.54, 1.807) is 13.3 Å². The molecule has 0 fully saturated rings. The van der Waals surface area contributed by atoms with Gasteiger partial charge in [-0.15, -0.1) is 0 Å². The number of H-pyrrole nitrogens is 1. The first-order valence-electron chi connectivity index (χ1n) is 20.0. The lowest BCUT2D eigenvalue weighted by Crippen LogP contribution is -2.29. The summed E-state index contributed by atoms with van der Waals surface area (Å²) in [5, 5.41) is 21.4. The number of aromatic nitrogens is 2. The highest BCUT2D eigenvalue weighted by Gasteiger charge is 2.21. The number of nitrogens with zero attached hydrogens (tertiary/aromatic N) is 4. The van der Waals surface area contributed by atoms with E-state index in [9.17, 15) is 9.59 Å². The Morgan fingerprint density at radius 1 is 0.793 bits per heavy atom. The summed E-state index contributed by atoms with van der Waals surface area (Å²) in [5.41, 5.74) is 14.1. The summed E-state index contributed by atoms with van der Waals surface area (Å²) in [4.78, 5) is 34.8. The van der Waals surface area contributed by atoms with Gasteiger partial charge in [-0.2, -0.15) is 5.10 Å². The first-order chi connectivity index (χ1) is 28.3. The van der Waals surface area contributed by atoms with Crippen molar-refractivity contribution in [1.29, 1.82) is 5.41 Å². The van der Waals surface area contributed by atoms with Crippen molar-refractivity contribution < 1.29 is 9.59 Å². The highest BCUT2D eigenvalue weighted by Crippen LogP contribution is 2.34. The van der Waals surface area contributed by atoms with E-state index in [2.05, 4.69) is 73.1 Å². The Hall–Kier alpha value is -6.81. The van der Waals surface area contributed by atoms with E-state index in [0.29, 0.717) is 22.5 Å². The molecule has 2 amide bonds. The zero-order valence-corrected chi connectivity index (χ0v) is 33.0. The summed E-state index contributed by atoms with van der Waals surface area (Å²) in [7, 11) is 1.64. The molecule has 10 heteroatoms. The molecule has 0 spiro atoms. The lowest BCUT2D eigenvalue weighted by atomic mass is 9.93. The topological polar surface area (TPSA) is 130 Å². The molecule has 58 heavy (non-hydrogen) atoms. The van der Waals surface area contributed by atoms with Gasteiger partial charge in [0.25, 0.3) is 11.8 Å². The van der Waals surface area contributed by atoms with Gasteiger partial charge in [-0.3, -0.25) is 19.7 Å². The fourth-order valence-corrected chi connectivity index (χ4v) is 8.00. The van der Waals surface area contributed by atoms with Gasteiger partial charge in [-0.25, -0.2) is 0 Å². The molecule has 0 radical (unpaired) electrons. The van der Waals surface area contributed by atoms with E-state index in [-0.39, 0.29) is 17.7 Å².